The smallest absolute Gasteiger partial charge is 0.316 e. The molecule has 0 aliphatic heterocycles. The fourth-order valence-electron chi connectivity index (χ4n) is 1.79. The van der Waals surface area contributed by atoms with Crippen LogP contribution in [-0.4, -0.2) is 18.9 Å². The molecule has 78 valence electrons. The monoisotopic (exact) mass is 268 g/mol. The van der Waals surface area contributed by atoms with E-state index in [2.05, 4.69) is 20.7 Å². The topological polar surface area (TPSA) is 43.4 Å². The largest absolute Gasteiger partial charge is 0.468 e. The van der Waals surface area contributed by atoms with Crippen molar-refractivity contribution in [2.75, 3.05) is 7.11 Å². The molecule has 1 aliphatic carbocycles. The Labute approximate surface area is 95.6 Å². The lowest BCUT2D eigenvalue weighted by atomic mass is 10.1. The van der Waals surface area contributed by atoms with E-state index in [9.17, 15) is 9.59 Å². The maximum Gasteiger partial charge on any atom is 0.316 e. The highest BCUT2D eigenvalue weighted by Crippen LogP contribution is 2.29. The van der Waals surface area contributed by atoms with Crippen LogP contribution in [0, 0.1) is 5.92 Å². The molecular formula is C11H9BrO3. The van der Waals surface area contributed by atoms with Crippen LogP contribution in [0.2, 0.25) is 0 Å². The van der Waals surface area contributed by atoms with E-state index >= 15 is 0 Å². The van der Waals surface area contributed by atoms with E-state index in [1.54, 1.807) is 6.07 Å². The van der Waals surface area contributed by atoms with Gasteiger partial charge in [-0.2, -0.15) is 0 Å². The van der Waals surface area contributed by atoms with Gasteiger partial charge in [-0.15, -0.1) is 0 Å². The summed E-state index contributed by atoms with van der Waals surface area (Å²) >= 11 is 3.30. The van der Waals surface area contributed by atoms with Crippen LogP contribution in [0.25, 0.3) is 0 Å². The normalized spacial score (nSPS) is 18.8. The summed E-state index contributed by atoms with van der Waals surface area (Å²) in [4.78, 5) is 23.2. The number of methoxy groups -OCH3 is 1. The van der Waals surface area contributed by atoms with Crippen molar-refractivity contribution in [1.82, 2.24) is 0 Å². The second-order valence-electron chi connectivity index (χ2n) is 3.45. The average molecular weight is 269 g/mol. The number of carbonyl (C=O) groups is 2. The molecule has 0 saturated heterocycles. The van der Waals surface area contributed by atoms with Gasteiger partial charge in [0.05, 0.1) is 7.11 Å². The lowest BCUT2D eigenvalue weighted by molar-refractivity contribution is -0.143. The molecule has 1 unspecified atom stereocenters. The third-order valence-electron chi connectivity index (χ3n) is 2.56. The van der Waals surface area contributed by atoms with Gasteiger partial charge in [0.1, 0.15) is 5.92 Å². The number of halogens is 1. The average Bonchev–Trinajstić information content (AvgIpc) is 2.55. The molecule has 0 aromatic heterocycles. The lowest BCUT2D eigenvalue weighted by Crippen LogP contribution is -2.21. The summed E-state index contributed by atoms with van der Waals surface area (Å²) < 4.78 is 5.44. The number of Topliss-reactive ketones (excluding diaryl/α,β-unsaturated/α-hetero) is 1. The number of benzene rings is 1. The van der Waals surface area contributed by atoms with Crippen LogP contribution in [0.15, 0.2) is 22.7 Å². The van der Waals surface area contributed by atoms with Crippen LogP contribution in [-0.2, 0) is 16.0 Å². The Bertz CT molecular complexity index is 439. The molecule has 15 heavy (non-hydrogen) atoms. The number of carbonyl (C=O) groups excluding carboxylic acids is 2. The molecule has 0 heterocycles. The standard InChI is InChI=1S/C11H9BrO3/c1-15-11(14)9-4-6-2-3-7(12)5-8(6)10(9)13/h2-3,5,9H,4H2,1H3. The fourth-order valence-corrected chi connectivity index (χ4v) is 2.15. The molecule has 2 rings (SSSR count). The Kier molecular flexibility index (Phi) is 2.61. The molecule has 4 heteroatoms. The molecule has 1 aliphatic rings. The van der Waals surface area contributed by atoms with Crippen molar-refractivity contribution >= 4 is 27.7 Å². The summed E-state index contributed by atoms with van der Waals surface area (Å²) in [6, 6.07) is 5.48. The molecule has 1 aromatic carbocycles. The van der Waals surface area contributed by atoms with Crippen molar-refractivity contribution in [2.45, 2.75) is 6.42 Å². The van der Waals surface area contributed by atoms with Gasteiger partial charge >= 0.3 is 5.97 Å². The van der Waals surface area contributed by atoms with Gasteiger partial charge in [0.2, 0.25) is 0 Å². The number of hydrogen-bond acceptors (Lipinski definition) is 3. The number of ether oxygens (including phenoxy) is 1. The summed E-state index contributed by atoms with van der Waals surface area (Å²) in [6.07, 6.45) is 0.453. The van der Waals surface area contributed by atoms with Gasteiger partial charge in [-0.05, 0) is 24.1 Å². The molecule has 1 atom stereocenters. The number of esters is 1. The van der Waals surface area contributed by atoms with Crippen molar-refractivity contribution in [2.24, 2.45) is 5.92 Å². The molecule has 1 aromatic rings. The Morgan fingerprint density at radius 2 is 2.27 bits per heavy atom. The molecule has 0 amide bonds. The van der Waals surface area contributed by atoms with Crippen molar-refractivity contribution < 1.29 is 14.3 Å². The van der Waals surface area contributed by atoms with Gasteiger partial charge in [0.15, 0.2) is 5.78 Å². The summed E-state index contributed by atoms with van der Waals surface area (Å²) in [5.74, 6) is -1.25. The highest BCUT2D eigenvalue weighted by Gasteiger charge is 2.36. The van der Waals surface area contributed by atoms with E-state index in [4.69, 9.17) is 0 Å². The Hall–Kier alpha value is -1.16. The number of hydrogen-bond donors (Lipinski definition) is 0. The Balaban J connectivity index is 2.38. The van der Waals surface area contributed by atoms with Crippen molar-refractivity contribution in [3.05, 3.63) is 33.8 Å². The first kappa shape index (κ1) is 10.4. The first-order valence-electron chi connectivity index (χ1n) is 4.54. The van der Waals surface area contributed by atoms with E-state index in [-0.39, 0.29) is 5.78 Å². The number of ketones is 1. The zero-order valence-corrected chi connectivity index (χ0v) is 9.71. The predicted molar refractivity (Wildman–Crippen MR) is 57.7 cm³/mol. The van der Waals surface area contributed by atoms with Gasteiger partial charge in [0, 0.05) is 10.0 Å². The SMILES string of the molecule is COC(=O)C1Cc2ccc(Br)cc2C1=O. The summed E-state index contributed by atoms with van der Waals surface area (Å²) in [5, 5.41) is 0. The van der Waals surface area contributed by atoms with Crippen LogP contribution >= 0.6 is 15.9 Å². The lowest BCUT2D eigenvalue weighted by Gasteiger charge is -2.03. The van der Waals surface area contributed by atoms with E-state index in [1.807, 2.05) is 12.1 Å². The van der Waals surface area contributed by atoms with E-state index in [0.29, 0.717) is 12.0 Å². The zero-order valence-electron chi connectivity index (χ0n) is 8.12. The number of fused-ring (bicyclic) bond motifs is 1. The van der Waals surface area contributed by atoms with Crippen molar-refractivity contribution in [1.29, 1.82) is 0 Å². The minimum absolute atomic E-state index is 0.141. The first-order valence-corrected chi connectivity index (χ1v) is 5.33. The molecule has 0 fully saturated rings. The summed E-state index contributed by atoms with van der Waals surface area (Å²) in [7, 11) is 1.30. The van der Waals surface area contributed by atoms with E-state index in [0.717, 1.165) is 10.0 Å². The highest BCUT2D eigenvalue weighted by molar-refractivity contribution is 9.10. The van der Waals surface area contributed by atoms with Gasteiger partial charge in [-0.25, -0.2) is 0 Å². The van der Waals surface area contributed by atoms with Crippen molar-refractivity contribution in [3.63, 3.8) is 0 Å². The first-order chi connectivity index (χ1) is 7.13. The highest BCUT2D eigenvalue weighted by atomic mass is 79.9. The van der Waals surface area contributed by atoms with Gasteiger partial charge in [-0.3, -0.25) is 9.59 Å². The van der Waals surface area contributed by atoms with Crippen LogP contribution in [0.4, 0.5) is 0 Å². The predicted octanol–water partition coefficient (Wildman–Crippen LogP) is 1.98. The third-order valence-corrected chi connectivity index (χ3v) is 3.06. The van der Waals surface area contributed by atoms with E-state index < -0.39 is 11.9 Å². The van der Waals surface area contributed by atoms with Crippen LogP contribution in [0.5, 0.6) is 0 Å². The fraction of sp³-hybridized carbons (Fsp3) is 0.273. The molecule has 0 spiro atoms. The molecule has 0 saturated carbocycles. The maximum absolute atomic E-state index is 11.8. The molecule has 0 N–H and O–H groups in total. The van der Waals surface area contributed by atoms with Crippen LogP contribution in [0.1, 0.15) is 15.9 Å². The quantitative estimate of drug-likeness (QED) is 0.578. The second-order valence-corrected chi connectivity index (χ2v) is 4.36. The van der Waals surface area contributed by atoms with Crippen molar-refractivity contribution in [3.8, 4) is 0 Å². The second kappa shape index (κ2) is 3.77. The van der Waals surface area contributed by atoms with E-state index in [1.165, 1.54) is 7.11 Å². The molecule has 0 bridgehead atoms. The van der Waals surface area contributed by atoms with Gasteiger partial charge in [0.25, 0.3) is 0 Å². The van der Waals surface area contributed by atoms with Crippen LogP contribution < -0.4 is 0 Å². The zero-order chi connectivity index (χ0) is 11.0. The number of rotatable bonds is 1. The molecule has 3 nitrogen and oxygen atoms in total. The maximum atomic E-state index is 11.8. The third kappa shape index (κ3) is 1.69. The van der Waals surface area contributed by atoms with Gasteiger partial charge in [-0.1, -0.05) is 22.0 Å². The molecule has 0 radical (unpaired) electrons. The Morgan fingerprint density at radius 3 is 2.93 bits per heavy atom. The Morgan fingerprint density at radius 1 is 1.53 bits per heavy atom. The minimum atomic E-state index is -0.653. The summed E-state index contributed by atoms with van der Waals surface area (Å²) in [6.45, 7) is 0. The molecular weight excluding hydrogens is 260 g/mol. The van der Waals surface area contributed by atoms with Crippen LogP contribution in [0.3, 0.4) is 0 Å². The minimum Gasteiger partial charge on any atom is -0.468 e. The van der Waals surface area contributed by atoms with Gasteiger partial charge < -0.3 is 4.74 Å². The summed E-state index contributed by atoms with van der Waals surface area (Å²) in [5.41, 5.74) is 1.54.